The second-order valence-electron chi connectivity index (χ2n) is 8.84. The van der Waals surface area contributed by atoms with Crippen LogP contribution in [0.2, 0.25) is 0 Å². The Morgan fingerprint density at radius 1 is 0.919 bits per heavy atom. The van der Waals surface area contributed by atoms with E-state index in [4.69, 9.17) is 14.2 Å². The van der Waals surface area contributed by atoms with Crippen molar-refractivity contribution in [1.29, 1.82) is 0 Å². The van der Waals surface area contributed by atoms with Crippen LogP contribution in [0, 0.1) is 15.5 Å². The van der Waals surface area contributed by atoms with E-state index in [2.05, 4.69) is 0 Å². The molecule has 11 nitrogen and oxygen atoms in total. The number of imide groups is 1. The minimum Gasteiger partial charge on any atom is -0.461 e. The number of Topliss-reactive ketones (excluding diaryl/α,β-unsaturated/α-hetero) is 1. The molecular formula is C26H34N2O9. The van der Waals surface area contributed by atoms with Crippen LogP contribution in [0.15, 0.2) is 36.4 Å². The molecule has 0 saturated heterocycles. The molecule has 0 atom stereocenters. The average molecular weight is 519 g/mol. The summed E-state index contributed by atoms with van der Waals surface area (Å²) in [6, 6.07) is 5.08. The highest BCUT2D eigenvalue weighted by Crippen LogP contribution is 2.27. The third kappa shape index (κ3) is 9.51. The fraction of sp³-hybridized carbons (Fsp3) is 0.538. The number of nitro benzene ring substituents is 1. The number of amides is 2. The van der Waals surface area contributed by atoms with Gasteiger partial charge in [0.2, 0.25) is 0 Å². The molecule has 1 aliphatic heterocycles. The molecule has 0 saturated carbocycles. The number of rotatable bonds is 18. The second kappa shape index (κ2) is 15.0. The molecule has 202 valence electrons. The summed E-state index contributed by atoms with van der Waals surface area (Å²) < 4.78 is 16.8. The first-order valence-electron chi connectivity index (χ1n) is 12.3. The lowest BCUT2D eigenvalue weighted by Gasteiger charge is -2.32. The van der Waals surface area contributed by atoms with Gasteiger partial charge in [-0.3, -0.25) is 29.4 Å². The summed E-state index contributed by atoms with van der Waals surface area (Å²) in [6.45, 7) is 4.94. The number of benzene rings is 1. The van der Waals surface area contributed by atoms with Crippen molar-refractivity contribution >= 4 is 29.3 Å². The van der Waals surface area contributed by atoms with Crippen LogP contribution in [0.25, 0.3) is 0 Å². The fourth-order valence-corrected chi connectivity index (χ4v) is 3.86. The summed E-state index contributed by atoms with van der Waals surface area (Å²) in [6.07, 6.45) is 4.71. The van der Waals surface area contributed by atoms with Gasteiger partial charge in [-0.2, -0.15) is 0 Å². The van der Waals surface area contributed by atoms with Crippen molar-refractivity contribution < 1.29 is 38.3 Å². The highest BCUT2D eigenvalue weighted by Gasteiger charge is 2.35. The number of nitrogens with zero attached hydrogens (tertiary/aromatic N) is 2. The number of ketones is 1. The van der Waals surface area contributed by atoms with Gasteiger partial charge in [-0.25, -0.2) is 4.79 Å². The summed E-state index contributed by atoms with van der Waals surface area (Å²) >= 11 is 0. The molecule has 0 N–H and O–H groups in total. The van der Waals surface area contributed by atoms with Gasteiger partial charge in [0.1, 0.15) is 12.4 Å². The second-order valence-corrected chi connectivity index (χ2v) is 8.84. The summed E-state index contributed by atoms with van der Waals surface area (Å²) in [5.41, 5.74) is -0.872. The number of carbonyl (C=O) groups is 4. The molecule has 37 heavy (non-hydrogen) atoms. The first kappa shape index (κ1) is 29.8. The molecule has 1 aromatic rings. The smallest absolute Gasteiger partial charge is 0.338 e. The van der Waals surface area contributed by atoms with Gasteiger partial charge in [-0.15, -0.1) is 0 Å². The number of nitro groups is 1. The molecule has 0 radical (unpaired) electrons. The summed E-state index contributed by atoms with van der Waals surface area (Å²) in [5, 5.41) is 10.8. The molecular weight excluding hydrogens is 484 g/mol. The Hall–Kier alpha value is -3.44. The van der Waals surface area contributed by atoms with Gasteiger partial charge in [0, 0.05) is 56.9 Å². The molecule has 0 aromatic heterocycles. The zero-order chi connectivity index (χ0) is 27.3. The van der Waals surface area contributed by atoms with Gasteiger partial charge < -0.3 is 14.2 Å². The summed E-state index contributed by atoms with van der Waals surface area (Å²) in [7, 11) is 0. The first-order chi connectivity index (χ1) is 17.7. The lowest BCUT2D eigenvalue weighted by molar-refractivity contribution is -0.384. The normalized spacial score (nSPS) is 13.3. The van der Waals surface area contributed by atoms with E-state index in [1.807, 2.05) is 13.8 Å². The fourth-order valence-electron chi connectivity index (χ4n) is 3.86. The molecule has 2 rings (SSSR count). The Morgan fingerprint density at radius 3 is 2.05 bits per heavy atom. The number of non-ortho nitro benzene ring substituents is 1. The van der Waals surface area contributed by atoms with Crippen molar-refractivity contribution in [3.63, 3.8) is 0 Å². The van der Waals surface area contributed by atoms with Crippen LogP contribution in [0.3, 0.4) is 0 Å². The monoisotopic (exact) mass is 518 g/mol. The Balaban J connectivity index is 1.94. The van der Waals surface area contributed by atoms with Crippen molar-refractivity contribution in [3.05, 3.63) is 52.1 Å². The predicted molar refractivity (Wildman–Crippen MR) is 133 cm³/mol. The Morgan fingerprint density at radius 2 is 1.51 bits per heavy atom. The summed E-state index contributed by atoms with van der Waals surface area (Å²) in [5.74, 6) is -1.34. The Labute approximate surface area is 215 Å². The van der Waals surface area contributed by atoms with E-state index in [1.54, 1.807) is 0 Å². The van der Waals surface area contributed by atoms with E-state index < -0.39 is 16.3 Å². The van der Waals surface area contributed by atoms with Gasteiger partial charge in [-0.05, 0) is 38.8 Å². The van der Waals surface area contributed by atoms with Crippen molar-refractivity contribution in [2.24, 2.45) is 5.41 Å². The Kier molecular flexibility index (Phi) is 12.0. The molecule has 0 spiro atoms. The van der Waals surface area contributed by atoms with E-state index in [0.29, 0.717) is 39.0 Å². The molecule has 0 unspecified atom stereocenters. The zero-order valence-corrected chi connectivity index (χ0v) is 21.3. The van der Waals surface area contributed by atoms with Crippen molar-refractivity contribution in [3.8, 4) is 0 Å². The number of unbranched alkanes of at least 4 members (excludes halogenated alkanes) is 2. The number of esters is 1. The van der Waals surface area contributed by atoms with Crippen LogP contribution in [0.5, 0.6) is 0 Å². The first-order valence-corrected chi connectivity index (χ1v) is 12.3. The zero-order valence-electron chi connectivity index (χ0n) is 21.3. The van der Waals surface area contributed by atoms with Crippen LogP contribution >= 0.6 is 0 Å². The van der Waals surface area contributed by atoms with Gasteiger partial charge in [0.05, 0.1) is 29.1 Å². The molecule has 1 aliphatic rings. The van der Waals surface area contributed by atoms with E-state index in [9.17, 15) is 29.3 Å². The minimum atomic E-state index is -0.889. The SMILES string of the molecule is CCOCC(COCC)(COC(=O)c1ccc([N+](=O)[O-])cc1)CC(=O)CCCCCN1C(=O)C=CC1=O. The summed E-state index contributed by atoms with van der Waals surface area (Å²) in [4.78, 5) is 60.1. The topological polar surface area (TPSA) is 142 Å². The van der Waals surface area contributed by atoms with Crippen LogP contribution < -0.4 is 0 Å². The highest BCUT2D eigenvalue weighted by molar-refractivity contribution is 6.12. The van der Waals surface area contributed by atoms with E-state index in [0.717, 1.165) is 0 Å². The molecule has 1 heterocycles. The minimum absolute atomic E-state index is 0.0409. The van der Waals surface area contributed by atoms with Crippen LogP contribution in [-0.4, -0.2) is 73.0 Å². The number of hydrogen-bond donors (Lipinski definition) is 0. The van der Waals surface area contributed by atoms with E-state index in [1.165, 1.54) is 41.3 Å². The molecule has 11 heteroatoms. The molecule has 1 aromatic carbocycles. The van der Waals surface area contributed by atoms with Gasteiger partial charge in [-0.1, -0.05) is 6.42 Å². The average Bonchev–Trinajstić information content (AvgIpc) is 3.21. The van der Waals surface area contributed by atoms with Gasteiger partial charge >= 0.3 is 5.97 Å². The van der Waals surface area contributed by atoms with Crippen molar-refractivity contribution in [2.75, 3.05) is 39.6 Å². The van der Waals surface area contributed by atoms with Gasteiger partial charge in [0.25, 0.3) is 17.5 Å². The van der Waals surface area contributed by atoms with Crippen molar-refractivity contribution in [1.82, 2.24) is 4.90 Å². The van der Waals surface area contributed by atoms with Crippen LogP contribution in [0.1, 0.15) is 56.3 Å². The number of ether oxygens (including phenoxy) is 3. The van der Waals surface area contributed by atoms with E-state index >= 15 is 0 Å². The lowest BCUT2D eigenvalue weighted by atomic mass is 9.84. The number of hydrogen-bond acceptors (Lipinski definition) is 9. The largest absolute Gasteiger partial charge is 0.461 e. The third-order valence-corrected chi connectivity index (χ3v) is 5.86. The molecule has 0 bridgehead atoms. The van der Waals surface area contributed by atoms with E-state index in [-0.39, 0.29) is 61.5 Å². The highest BCUT2D eigenvalue weighted by atomic mass is 16.6. The quantitative estimate of drug-likeness (QED) is 0.0940. The lowest BCUT2D eigenvalue weighted by Crippen LogP contribution is -2.40. The van der Waals surface area contributed by atoms with Crippen molar-refractivity contribution in [2.45, 2.75) is 46.0 Å². The Bertz CT molecular complexity index is 962. The van der Waals surface area contributed by atoms with Crippen LogP contribution in [-0.2, 0) is 28.6 Å². The third-order valence-electron chi connectivity index (χ3n) is 5.86. The molecule has 0 aliphatic carbocycles. The van der Waals surface area contributed by atoms with Gasteiger partial charge in [0.15, 0.2) is 0 Å². The maximum atomic E-state index is 12.9. The molecule has 2 amide bonds. The number of carbonyl (C=O) groups excluding carboxylic acids is 4. The maximum Gasteiger partial charge on any atom is 0.338 e. The standard InChI is InChI=1S/C26H34N2O9/c1-3-35-17-26(18-36-4-2,19-37-25(32)20-9-11-21(12-10-20)28(33)34)16-22(29)8-6-5-7-15-27-23(30)13-14-24(27)31/h9-14H,3-8,15-19H2,1-2H3. The maximum absolute atomic E-state index is 12.9. The predicted octanol–water partition coefficient (Wildman–Crippen LogP) is 3.26. The molecule has 0 fully saturated rings. The van der Waals surface area contributed by atoms with Crippen LogP contribution in [0.4, 0.5) is 5.69 Å².